The van der Waals surface area contributed by atoms with E-state index in [-0.39, 0.29) is 10.6 Å². The molecule has 3 rings (SSSR count). The van der Waals surface area contributed by atoms with Crippen molar-refractivity contribution in [2.24, 2.45) is 5.92 Å². The predicted octanol–water partition coefficient (Wildman–Crippen LogP) is 0.235. The summed E-state index contributed by atoms with van der Waals surface area (Å²) in [6.45, 7) is 6.68. The maximum absolute atomic E-state index is 11.1. The number of nitrogens with zero attached hydrogens (tertiary/aromatic N) is 1. The Morgan fingerprint density at radius 1 is 1.09 bits per heavy atom. The fraction of sp³-hybridized carbons (Fsp3) is 0.556. The number of allylic oxidation sites excluding steroid dienone is 2. The summed E-state index contributed by atoms with van der Waals surface area (Å²) in [4.78, 5) is 14.1. The van der Waals surface area contributed by atoms with Gasteiger partial charge in [0.15, 0.2) is 0 Å². The van der Waals surface area contributed by atoms with Crippen LogP contribution in [-0.2, 0) is 6.54 Å². The SMILES string of the molecule is O=[N+]([O-])c1ccccc1C[NH+]1CC[NH+](C[C@@H]2CC=CCC2)CC1. The molecule has 1 aromatic carbocycles. The van der Waals surface area contributed by atoms with Crippen molar-refractivity contribution in [3.63, 3.8) is 0 Å². The van der Waals surface area contributed by atoms with Crippen molar-refractivity contribution in [3.8, 4) is 0 Å². The van der Waals surface area contributed by atoms with Gasteiger partial charge in [0.25, 0.3) is 5.69 Å². The van der Waals surface area contributed by atoms with Gasteiger partial charge >= 0.3 is 0 Å². The van der Waals surface area contributed by atoms with Gasteiger partial charge in [-0.2, -0.15) is 0 Å². The van der Waals surface area contributed by atoms with Gasteiger partial charge in [-0.25, -0.2) is 0 Å². The molecule has 0 bridgehead atoms. The standard InChI is InChI=1S/C18H25N3O2/c22-21(23)18-9-5-4-8-17(18)15-20-12-10-19(11-13-20)14-16-6-2-1-3-7-16/h1-2,4-5,8-9,16H,3,6-7,10-15H2/p+2/t16-/m1/s1. The lowest BCUT2D eigenvalue weighted by Crippen LogP contribution is -3.27. The fourth-order valence-electron chi connectivity index (χ4n) is 3.90. The molecule has 0 saturated carbocycles. The van der Waals surface area contributed by atoms with Crippen LogP contribution in [-0.4, -0.2) is 37.6 Å². The zero-order chi connectivity index (χ0) is 16.1. The minimum atomic E-state index is -0.257. The second kappa shape index (κ2) is 7.70. The van der Waals surface area contributed by atoms with E-state index in [1.54, 1.807) is 17.0 Å². The third-order valence-electron chi connectivity index (χ3n) is 5.25. The molecule has 0 unspecified atom stereocenters. The van der Waals surface area contributed by atoms with Crippen molar-refractivity contribution in [1.82, 2.24) is 0 Å². The molecule has 1 atom stereocenters. The van der Waals surface area contributed by atoms with Crippen LogP contribution in [0.1, 0.15) is 24.8 Å². The number of nitro groups is 1. The first-order valence-electron chi connectivity index (χ1n) is 8.77. The summed E-state index contributed by atoms with van der Waals surface area (Å²) in [7, 11) is 0. The Bertz CT molecular complexity index is 565. The van der Waals surface area contributed by atoms with Gasteiger partial charge in [0, 0.05) is 12.0 Å². The normalized spacial score (nSPS) is 27.7. The van der Waals surface area contributed by atoms with Crippen LogP contribution in [0, 0.1) is 16.0 Å². The minimum Gasteiger partial charge on any atom is -0.325 e. The highest BCUT2D eigenvalue weighted by molar-refractivity contribution is 5.39. The lowest BCUT2D eigenvalue weighted by Gasteiger charge is -2.32. The molecule has 0 radical (unpaired) electrons. The predicted molar refractivity (Wildman–Crippen MR) is 89.5 cm³/mol. The zero-order valence-corrected chi connectivity index (χ0v) is 13.7. The Balaban J connectivity index is 1.49. The largest absolute Gasteiger partial charge is 0.325 e. The van der Waals surface area contributed by atoms with E-state index >= 15 is 0 Å². The van der Waals surface area contributed by atoms with Crippen LogP contribution in [0.3, 0.4) is 0 Å². The Labute approximate surface area is 137 Å². The number of nitrogens with one attached hydrogen (secondary N) is 2. The molecule has 5 nitrogen and oxygen atoms in total. The Kier molecular flexibility index (Phi) is 5.41. The van der Waals surface area contributed by atoms with Gasteiger partial charge in [0.1, 0.15) is 32.7 Å². The minimum absolute atomic E-state index is 0.257. The van der Waals surface area contributed by atoms with Crippen molar-refractivity contribution >= 4 is 5.69 Å². The molecule has 1 aliphatic carbocycles. The number of hydrogen-bond donors (Lipinski definition) is 2. The zero-order valence-electron chi connectivity index (χ0n) is 13.7. The summed E-state index contributed by atoms with van der Waals surface area (Å²) in [5.74, 6) is 0.853. The Morgan fingerprint density at radius 2 is 1.83 bits per heavy atom. The van der Waals surface area contributed by atoms with Gasteiger partial charge in [-0.05, 0) is 25.3 Å². The molecule has 2 aliphatic rings. The quantitative estimate of drug-likeness (QED) is 0.464. The van der Waals surface area contributed by atoms with Crippen molar-refractivity contribution < 1.29 is 14.7 Å². The second-order valence-corrected chi connectivity index (χ2v) is 6.92. The molecule has 1 saturated heterocycles. The summed E-state index contributed by atoms with van der Waals surface area (Å²) in [5, 5.41) is 11.1. The summed E-state index contributed by atoms with van der Waals surface area (Å²) in [5.41, 5.74) is 1.14. The molecular formula is C18H27N3O2+2. The summed E-state index contributed by atoms with van der Waals surface area (Å²) >= 11 is 0. The number of benzene rings is 1. The molecule has 0 spiro atoms. The Morgan fingerprint density at radius 3 is 2.52 bits per heavy atom. The third-order valence-corrected chi connectivity index (χ3v) is 5.25. The number of para-hydroxylation sites is 1. The van der Waals surface area contributed by atoms with Crippen LogP contribution in [0.5, 0.6) is 0 Å². The summed E-state index contributed by atoms with van der Waals surface area (Å²) in [6.07, 6.45) is 8.47. The molecule has 1 aromatic rings. The van der Waals surface area contributed by atoms with E-state index < -0.39 is 0 Å². The molecule has 5 heteroatoms. The van der Waals surface area contributed by atoms with E-state index in [1.807, 2.05) is 12.1 Å². The molecule has 0 aromatic heterocycles. The first kappa shape index (κ1) is 16.1. The summed E-state index contributed by atoms with van der Waals surface area (Å²) in [6, 6.07) is 7.17. The van der Waals surface area contributed by atoms with Crippen molar-refractivity contribution in [1.29, 1.82) is 0 Å². The Hall–Kier alpha value is -1.72. The van der Waals surface area contributed by atoms with Gasteiger partial charge in [0.05, 0.1) is 17.0 Å². The maximum Gasteiger partial charge on any atom is 0.278 e. The highest BCUT2D eigenvalue weighted by Crippen LogP contribution is 2.17. The average Bonchev–Trinajstić information content (AvgIpc) is 2.58. The highest BCUT2D eigenvalue weighted by Gasteiger charge is 2.27. The molecule has 2 N–H and O–H groups in total. The highest BCUT2D eigenvalue weighted by atomic mass is 16.6. The number of quaternary nitrogens is 2. The van der Waals surface area contributed by atoms with Crippen LogP contribution in [0.4, 0.5) is 5.69 Å². The van der Waals surface area contributed by atoms with Gasteiger partial charge < -0.3 is 9.80 Å². The number of nitro benzene ring substituents is 1. The molecule has 1 fully saturated rings. The molecule has 23 heavy (non-hydrogen) atoms. The smallest absolute Gasteiger partial charge is 0.278 e. The van der Waals surface area contributed by atoms with Crippen LogP contribution in [0.25, 0.3) is 0 Å². The topological polar surface area (TPSA) is 52.0 Å². The summed E-state index contributed by atoms with van der Waals surface area (Å²) < 4.78 is 0. The van der Waals surface area contributed by atoms with Crippen LogP contribution in [0.2, 0.25) is 0 Å². The van der Waals surface area contributed by atoms with E-state index in [4.69, 9.17) is 0 Å². The number of piperazine rings is 1. The molecule has 1 aliphatic heterocycles. The van der Waals surface area contributed by atoms with Crippen molar-refractivity contribution in [2.45, 2.75) is 25.8 Å². The van der Waals surface area contributed by atoms with Gasteiger partial charge in [0.2, 0.25) is 0 Å². The first-order chi connectivity index (χ1) is 11.2. The number of rotatable bonds is 5. The lowest BCUT2D eigenvalue weighted by molar-refractivity contribution is -1.02. The van der Waals surface area contributed by atoms with Crippen molar-refractivity contribution in [2.75, 3.05) is 32.7 Å². The lowest BCUT2D eigenvalue weighted by atomic mass is 9.94. The molecule has 0 amide bonds. The van der Waals surface area contributed by atoms with E-state index in [1.165, 1.54) is 43.8 Å². The average molecular weight is 317 g/mol. The van der Waals surface area contributed by atoms with Crippen LogP contribution < -0.4 is 9.80 Å². The molecular weight excluding hydrogens is 290 g/mol. The van der Waals surface area contributed by atoms with Gasteiger partial charge in [-0.15, -0.1) is 0 Å². The van der Waals surface area contributed by atoms with Crippen molar-refractivity contribution in [3.05, 3.63) is 52.1 Å². The molecule has 124 valence electrons. The van der Waals surface area contributed by atoms with E-state index in [9.17, 15) is 10.1 Å². The third kappa shape index (κ3) is 4.39. The number of hydrogen-bond acceptors (Lipinski definition) is 2. The van der Waals surface area contributed by atoms with Gasteiger partial charge in [-0.3, -0.25) is 10.1 Å². The van der Waals surface area contributed by atoms with Gasteiger partial charge in [-0.1, -0.05) is 24.3 Å². The van der Waals surface area contributed by atoms with E-state index in [0.717, 1.165) is 31.1 Å². The maximum atomic E-state index is 11.1. The monoisotopic (exact) mass is 317 g/mol. The van der Waals surface area contributed by atoms with Crippen LogP contribution >= 0.6 is 0 Å². The van der Waals surface area contributed by atoms with E-state index in [0.29, 0.717) is 0 Å². The fourth-order valence-corrected chi connectivity index (χ4v) is 3.90. The van der Waals surface area contributed by atoms with Crippen LogP contribution in [0.15, 0.2) is 36.4 Å². The first-order valence-corrected chi connectivity index (χ1v) is 8.77. The second-order valence-electron chi connectivity index (χ2n) is 6.92. The molecule has 1 heterocycles. The van der Waals surface area contributed by atoms with E-state index in [2.05, 4.69) is 12.2 Å².